The number of unbranched alkanes of at least 4 members (excludes halogenated alkanes) is 1. The first-order chi connectivity index (χ1) is 6.93. The molecule has 1 rings (SSSR count). The van der Waals surface area contributed by atoms with Crippen molar-refractivity contribution in [2.24, 2.45) is 28.7 Å². The van der Waals surface area contributed by atoms with E-state index in [4.69, 9.17) is 28.7 Å². The summed E-state index contributed by atoms with van der Waals surface area (Å²) in [6.07, 6.45) is 4.35. The van der Waals surface area contributed by atoms with Crippen molar-refractivity contribution in [1.82, 2.24) is 0 Å². The molecule has 10 N–H and O–H groups in total. The van der Waals surface area contributed by atoms with Crippen LogP contribution in [0, 0.1) is 0 Å². The second kappa shape index (κ2) is 4.12. The van der Waals surface area contributed by atoms with Crippen LogP contribution in [0.25, 0.3) is 0 Å². The molecule has 0 bridgehead atoms. The summed E-state index contributed by atoms with van der Waals surface area (Å²) in [5.41, 5.74) is 30.1. The van der Waals surface area contributed by atoms with Gasteiger partial charge in [-0.1, -0.05) is 19.8 Å². The van der Waals surface area contributed by atoms with E-state index in [0.29, 0.717) is 17.1 Å². The predicted octanol–water partition coefficient (Wildman–Crippen LogP) is -0.813. The molecule has 0 aromatic heterocycles. The largest absolute Gasteiger partial charge is 0.400 e. The Balaban J connectivity index is 2.97. The first-order valence-electron chi connectivity index (χ1n) is 5.20. The van der Waals surface area contributed by atoms with Gasteiger partial charge in [-0.2, -0.15) is 0 Å². The van der Waals surface area contributed by atoms with Gasteiger partial charge >= 0.3 is 0 Å². The third kappa shape index (κ3) is 1.93. The van der Waals surface area contributed by atoms with Crippen LogP contribution in [-0.4, -0.2) is 11.6 Å². The van der Waals surface area contributed by atoms with E-state index >= 15 is 0 Å². The van der Waals surface area contributed by atoms with Crippen molar-refractivity contribution in [2.75, 3.05) is 0 Å². The summed E-state index contributed by atoms with van der Waals surface area (Å²) in [6, 6.07) is -0.492. The van der Waals surface area contributed by atoms with Crippen molar-refractivity contribution in [3.05, 3.63) is 23.2 Å². The molecule has 1 aliphatic carbocycles. The van der Waals surface area contributed by atoms with Crippen LogP contribution in [0.5, 0.6) is 0 Å². The minimum Gasteiger partial charge on any atom is -0.400 e. The molecule has 5 heteroatoms. The summed E-state index contributed by atoms with van der Waals surface area (Å²) in [4.78, 5) is 0. The maximum atomic E-state index is 6.20. The molecule has 0 saturated carbocycles. The van der Waals surface area contributed by atoms with Crippen LogP contribution in [-0.2, 0) is 0 Å². The van der Waals surface area contributed by atoms with Gasteiger partial charge in [0.15, 0.2) is 0 Å². The molecule has 1 aliphatic rings. The Morgan fingerprint density at radius 2 is 1.93 bits per heavy atom. The Morgan fingerprint density at radius 3 is 2.47 bits per heavy atom. The van der Waals surface area contributed by atoms with Crippen LogP contribution in [0.1, 0.15) is 26.2 Å². The summed E-state index contributed by atoms with van der Waals surface area (Å²) in [6.45, 7) is 2.09. The molecule has 0 aromatic rings. The summed E-state index contributed by atoms with van der Waals surface area (Å²) in [5.74, 6) is 0. The predicted molar refractivity (Wildman–Crippen MR) is 62.1 cm³/mol. The lowest BCUT2D eigenvalue weighted by Gasteiger charge is -2.39. The van der Waals surface area contributed by atoms with Gasteiger partial charge in [-0.25, -0.2) is 0 Å². The quantitative estimate of drug-likeness (QED) is 0.416. The molecule has 15 heavy (non-hydrogen) atoms. The van der Waals surface area contributed by atoms with Crippen LogP contribution in [0.3, 0.4) is 0 Å². The number of hydrogen-bond acceptors (Lipinski definition) is 5. The molecule has 0 aromatic carbocycles. The first-order valence-corrected chi connectivity index (χ1v) is 5.20. The number of allylic oxidation sites excluding steroid dienone is 1. The molecule has 0 heterocycles. The third-order valence-electron chi connectivity index (χ3n) is 3.02. The molecule has 0 fully saturated rings. The zero-order valence-electron chi connectivity index (χ0n) is 9.16. The smallest absolute Gasteiger partial charge is 0.0767 e. The van der Waals surface area contributed by atoms with Crippen LogP contribution >= 0.6 is 0 Å². The standard InChI is InChI=1S/C10H21N5/c1-2-3-4-10(15)7(12)5-6(11)8(13)9(10)14/h5,9H,2-4,11-15H2,1H3. The average molecular weight is 211 g/mol. The molecule has 0 spiro atoms. The normalized spacial score (nSPS) is 31.7. The van der Waals surface area contributed by atoms with E-state index in [1.54, 1.807) is 6.08 Å². The fourth-order valence-corrected chi connectivity index (χ4v) is 1.79. The SMILES string of the molecule is CCCCC1(N)C(N)=CC(N)=C(N)C1N. The zero-order valence-corrected chi connectivity index (χ0v) is 9.16. The highest BCUT2D eigenvalue weighted by atomic mass is 15.0. The van der Waals surface area contributed by atoms with Crippen molar-refractivity contribution in [3.63, 3.8) is 0 Å². The summed E-state index contributed by atoms with van der Waals surface area (Å²) >= 11 is 0. The van der Waals surface area contributed by atoms with E-state index in [9.17, 15) is 0 Å². The minimum absolute atomic E-state index is 0.428. The van der Waals surface area contributed by atoms with Gasteiger partial charge in [-0.05, 0) is 12.5 Å². The topological polar surface area (TPSA) is 130 Å². The van der Waals surface area contributed by atoms with Gasteiger partial charge < -0.3 is 28.7 Å². The molecule has 86 valence electrons. The van der Waals surface area contributed by atoms with Gasteiger partial charge in [0, 0.05) is 5.70 Å². The molecular formula is C10H21N5. The number of nitrogens with two attached hydrogens (primary N) is 5. The monoisotopic (exact) mass is 211 g/mol. The number of rotatable bonds is 3. The van der Waals surface area contributed by atoms with Gasteiger partial charge in [0.05, 0.1) is 23.0 Å². The van der Waals surface area contributed by atoms with Gasteiger partial charge in [-0.15, -0.1) is 0 Å². The van der Waals surface area contributed by atoms with Gasteiger partial charge in [0.1, 0.15) is 0 Å². The molecule has 0 aliphatic heterocycles. The number of hydrogen-bond donors (Lipinski definition) is 5. The van der Waals surface area contributed by atoms with Crippen LogP contribution in [0.4, 0.5) is 0 Å². The lowest BCUT2D eigenvalue weighted by Crippen LogP contribution is -2.62. The van der Waals surface area contributed by atoms with E-state index in [2.05, 4.69) is 6.92 Å². The molecule has 0 amide bonds. The van der Waals surface area contributed by atoms with Crippen molar-refractivity contribution >= 4 is 0 Å². The fraction of sp³-hybridized carbons (Fsp3) is 0.600. The zero-order chi connectivity index (χ0) is 11.6. The first kappa shape index (κ1) is 11.9. The van der Waals surface area contributed by atoms with Crippen molar-refractivity contribution in [3.8, 4) is 0 Å². The fourth-order valence-electron chi connectivity index (χ4n) is 1.79. The lowest BCUT2D eigenvalue weighted by molar-refractivity contribution is 0.378. The second-order valence-corrected chi connectivity index (χ2v) is 4.13. The van der Waals surface area contributed by atoms with Crippen molar-refractivity contribution in [1.29, 1.82) is 0 Å². The molecule has 2 atom stereocenters. The molecule has 2 unspecified atom stereocenters. The summed E-state index contributed by atoms with van der Waals surface area (Å²) in [5, 5.41) is 0. The summed E-state index contributed by atoms with van der Waals surface area (Å²) in [7, 11) is 0. The Hall–Kier alpha value is -1.20. The Labute approximate surface area is 90.3 Å². The highest BCUT2D eigenvalue weighted by molar-refractivity contribution is 5.41. The second-order valence-electron chi connectivity index (χ2n) is 4.13. The Kier molecular flexibility index (Phi) is 3.26. The third-order valence-corrected chi connectivity index (χ3v) is 3.02. The van der Waals surface area contributed by atoms with Gasteiger partial charge in [0.25, 0.3) is 0 Å². The average Bonchev–Trinajstić information content (AvgIpc) is 2.21. The van der Waals surface area contributed by atoms with Gasteiger partial charge in [0.2, 0.25) is 0 Å². The molecule has 0 radical (unpaired) electrons. The lowest BCUT2D eigenvalue weighted by atomic mass is 9.78. The van der Waals surface area contributed by atoms with Crippen molar-refractivity contribution in [2.45, 2.75) is 37.8 Å². The highest BCUT2D eigenvalue weighted by Gasteiger charge is 2.39. The Bertz CT molecular complexity index is 307. The maximum Gasteiger partial charge on any atom is 0.0767 e. The van der Waals surface area contributed by atoms with E-state index < -0.39 is 11.6 Å². The minimum atomic E-state index is -0.747. The van der Waals surface area contributed by atoms with Gasteiger partial charge in [-0.3, -0.25) is 0 Å². The molecule has 5 nitrogen and oxygen atoms in total. The van der Waals surface area contributed by atoms with Crippen LogP contribution in [0.2, 0.25) is 0 Å². The van der Waals surface area contributed by atoms with E-state index in [0.717, 1.165) is 19.3 Å². The molecule has 0 saturated heterocycles. The Morgan fingerprint density at radius 1 is 1.33 bits per heavy atom. The van der Waals surface area contributed by atoms with Crippen LogP contribution < -0.4 is 28.7 Å². The van der Waals surface area contributed by atoms with E-state index in [-0.39, 0.29) is 0 Å². The summed E-state index contributed by atoms with van der Waals surface area (Å²) < 4.78 is 0. The van der Waals surface area contributed by atoms with Crippen molar-refractivity contribution < 1.29 is 0 Å². The van der Waals surface area contributed by atoms with Crippen LogP contribution in [0.15, 0.2) is 23.2 Å². The molecular weight excluding hydrogens is 190 g/mol. The van der Waals surface area contributed by atoms with E-state index in [1.807, 2.05) is 0 Å². The maximum absolute atomic E-state index is 6.20. The van der Waals surface area contributed by atoms with E-state index in [1.165, 1.54) is 0 Å². The highest BCUT2D eigenvalue weighted by Crippen LogP contribution is 2.28.